The first-order valence-electron chi connectivity index (χ1n) is 5.79. The average Bonchev–Trinajstić information content (AvgIpc) is 2.88. The molecule has 0 amide bonds. The second-order valence-electron chi connectivity index (χ2n) is 4.03. The first kappa shape index (κ1) is 13.5. The lowest BCUT2D eigenvalue weighted by Gasteiger charge is -2.06. The maximum absolute atomic E-state index is 10.6. The number of hydrogen-bond donors (Lipinski definition) is 2. The zero-order chi connectivity index (χ0) is 14.5. The zero-order valence-electron chi connectivity index (χ0n) is 10.4. The van der Waals surface area contributed by atoms with Crippen LogP contribution in [0.15, 0.2) is 36.8 Å². The van der Waals surface area contributed by atoms with Crippen LogP contribution in [0.4, 0.5) is 11.4 Å². The fourth-order valence-electron chi connectivity index (χ4n) is 1.62. The molecule has 0 spiro atoms. The predicted octanol–water partition coefficient (Wildman–Crippen LogP) is 1.60. The van der Waals surface area contributed by atoms with Gasteiger partial charge in [0.1, 0.15) is 0 Å². The molecule has 0 atom stereocenters. The van der Waals surface area contributed by atoms with Crippen molar-refractivity contribution in [3.05, 3.63) is 52.6 Å². The molecular formula is C12H12N4O4. The molecule has 8 heteroatoms. The Morgan fingerprint density at radius 3 is 2.65 bits per heavy atom. The van der Waals surface area contributed by atoms with Crippen molar-refractivity contribution in [2.45, 2.75) is 6.54 Å². The number of non-ortho nitro benzene ring substituents is 1. The Bertz CT molecular complexity index is 621. The van der Waals surface area contributed by atoms with Gasteiger partial charge in [0.25, 0.3) is 5.69 Å². The summed E-state index contributed by atoms with van der Waals surface area (Å²) in [6.07, 6.45) is 2.89. The van der Waals surface area contributed by atoms with Gasteiger partial charge in [0.05, 0.1) is 11.3 Å². The van der Waals surface area contributed by atoms with E-state index in [9.17, 15) is 14.9 Å². The molecule has 0 radical (unpaired) electrons. The molecule has 20 heavy (non-hydrogen) atoms. The van der Waals surface area contributed by atoms with Crippen molar-refractivity contribution in [1.29, 1.82) is 0 Å². The molecular weight excluding hydrogens is 264 g/mol. The van der Waals surface area contributed by atoms with Gasteiger partial charge in [-0.05, 0) is 12.1 Å². The Morgan fingerprint density at radius 2 is 2.10 bits per heavy atom. The number of benzene rings is 1. The van der Waals surface area contributed by atoms with E-state index < -0.39 is 10.9 Å². The number of nitro groups is 1. The van der Waals surface area contributed by atoms with Crippen molar-refractivity contribution < 1.29 is 14.8 Å². The minimum Gasteiger partial charge on any atom is -0.476 e. The van der Waals surface area contributed by atoms with Crippen LogP contribution in [0.3, 0.4) is 0 Å². The third-order valence-corrected chi connectivity index (χ3v) is 2.63. The SMILES string of the molecule is O=C(O)c1cn(CCNc2ccc([N+](=O)[O-])cc2)cn1. The van der Waals surface area contributed by atoms with Crippen LogP contribution >= 0.6 is 0 Å². The van der Waals surface area contributed by atoms with Gasteiger partial charge < -0.3 is 15.0 Å². The number of nitrogens with zero attached hydrogens (tertiary/aromatic N) is 3. The number of nitro benzene ring substituents is 1. The van der Waals surface area contributed by atoms with E-state index in [1.807, 2.05) is 0 Å². The highest BCUT2D eigenvalue weighted by atomic mass is 16.6. The fourth-order valence-corrected chi connectivity index (χ4v) is 1.62. The molecule has 0 fully saturated rings. The van der Waals surface area contributed by atoms with Gasteiger partial charge in [0, 0.05) is 37.1 Å². The van der Waals surface area contributed by atoms with Gasteiger partial charge in [-0.15, -0.1) is 0 Å². The molecule has 2 N–H and O–H groups in total. The van der Waals surface area contributed by atoms with Crippen molar-refractivity contribution in [3.63, 3.8) is 0 Å². The lowest BCUT2D eigenvalue weighted by Crippen LogP contribution is -2.09. The Hall–Kier alpha value is -2.90. The summed E-state index contributed by atoms with van der Waals surface area (Å²) in [7, 11) is 0. The predicted molar refractivity (Wildman–Crippen MR) is 70.8 cm³/mol. The molecule has 0 saturated heterocycles. The highest BCUT2D eigenvalue weighted by Crippen LogP contribution is 2.15. The largest absolute Gasteiger partial charge is 0.476 e. The van der Waals surface area contributed by atoms with Gasteiger partial charge in [-0.25, -0.2) is 9.78 Å². The fraction of sp³-hybridized carbons (Fsp3) is 0.167. The topological polar surface area (TPSA) is 110 Å². The van der Waals surface area contributed by atoms with Crippen LogP contribution in [0.2, 0.25) is 0 Å². The molecule has 0 aliphatic carbocycles. The van der Waals surface area contributed by atoms with E-state index in [-0.39, 0.29) is 11.4 Å². The summed E-state index contributed by atoms with van der Waals surface area (Å²) in [5.41, 5.74) is 0.797. The van der Waals surface area contributed by atoms with Gasteiger partial charge in [0.15, 0.2) is 5.69 Å². The number of carbonyl (C=O) groups is 1. The van der Waals surface area contributed by atoms with Crippen LogP contribution < -0.4 is 5.32 Å². The van der Waals surface area contributed by atoms with Crippen LogP contribution in [-0.4, -0.2) is 32.1 Å². The standard InChI is InChI=1S/C12H12N4O4/c17-12(18)11-7-15(8-14-11)6-5-13-9-1-3-10(4-2-9)16(19)20/h1-4,7-8,13H,5-6H2,(H,17,18). The van der Waals surface area contributed by atoms with Gasteiger partial charge in [-0.1, -0.05) is 0 Å². The lowest BCUT2D eigenvalue weighted by molar-refractivity contribution is -0.384. The van der Waals surface area contributed by atoms with E-state index in [4.69, 9.17) is 5.11 Å². The molecule has 2 aromatic rings. The Kier molecular flexibility index (Phi) is 3.94. The molecule has 104 valence electrons. The van der Waals surface area contributed by atoms with Crippen LogP contribution in [0.25, 0.3) is 0 Å². The Balaban J connectivity index is 1.85. The highest BCUT2D eigenvalue weighted by molar-refractivity contribution is 5.84. The van der Waals surface area contributed by atoms with E-state index in [1.165, 1.54) is 24.7 Å². The number of rotatable bonds is 6. The third kappa shape index (κ3) is 3.31. The summed E-state index contributed by atoms with van der Waals surface area (Å²) in [4.78, 5) is 24.4. The van der Waals surface area contributed by atoms with Gasteiger partial charge in [0.2, 0.25) is 0 Å². The number of anilines is 1. The van der Waals surface area contributed by atoms with Gasteiger partial charge in [-0.3, -0.25) is 10.1 Å². The molecule has 0 aliphatic rings. The molecule has 1 heterocycles. The second kappa shape index (κ2) is 5.83. The first-order chi connectivity index (χ1) is 9.56. The second-order valence-corrected chi connectivity index (χ2v) is 4.03. The molecule has 0 bridgehead atoms. The lowest BCUT2D eigenvalue weighted by atomic mass is 10.3. The summed E-state index contributed by atoms with van der Waals surface area (Å²) < 4.78 is 1.65. The van der Waals surface area contributed by atoms with Crippen LogP contribution in [0.5, 0.6) is 0 Å². The van der Waals surface area contributed by atoms with Gasteiger partial charge >= 0.3 is 5.97 Å². The van der Waals surface area contributed by atoms with Crippen molar-refractivity contribution in [2.24, 2.45) is 0 Å². The van der Waals surface area contributed by atoms with E-state index >= 15 is 0 Å². The third-order valence-electron chi connectivity index (χ3n) is 2.63. The van der Waals surface area contributed by atoms with E-state index in [0.717, 1.165) is 5.69 Å². The summed E-state index contributed by atoms with van der Waals surface area (Å²) in [6, 6.07) is 6.08. The number of carboxylic acid groups (broad SMARTS) is 1. The van der Waals surface area contributed by atoms with E-state index in [2.05, 4.69) is 10.3 Å². The van der Waals surface area contributed by atoms with E-state index in [0.29, 0.717) is 13.1 Å². The maximum atomic E-state index is 10.6. The molecule has 0 saturated carbocycles. The Labute approximate surface area is 113 Å². The molecule has 1 aromatic carbocycles. The van der Waals surface area contributed by atoms with Gasteiger partial charge in [-0.2, -0.15) is 0 Å². The number of hydrogen-bond acceptors (Lipinski definition) is 5. The summed E-state index contributed by atoms with van der Waals surface area (Å²) >= 11 is 0. The van der Waals surface area contributed by atoms with Crippen molar-refractivity contribution in [2.75, 3.05) is 11.9 Å². The average molecular weight is 276 g/mol. The smallest absolute Gasteiger partial charge is 0.356 e. The van der Waals surface area contributed by atoms with Crippen molar-refractivity contribution in [3.8, 4) is 0 Å². The zero-order valence-corrected chi connectivity index (χ0v) is 10.4. The molecule has 2 rings (SSSR count). The Morgan fingerprint density at radius 1 is 1.40 bits per heavy atom. The summed E-state index contributed by atoms with van der Waals surface area (Å²) in [5.74, 6) is -1.06. The first-order valence-corrected chi connectivity index (χ1v) is 5.79. The highest BCUT2D eigenvalue weighted by Gasteiger charge is 2.06. The number of aromatic nitrogens is 2. The van der Waals surface area contributed by atoms with Crippen LogP contribution in [0, 0.1) is 10.1 Å². The van der Waals surface area contributed by atoms with Crippen molar-refractivity contribution >= 4 is 17.3 Å². The molecule has 0 unspecified atom stereocenters. The molecule has 1 aromatic heterocycles. The molecule has 8 nitrogen and oxygen atoms in total. The van der Waals surface area contributed by atoms with E-state index in [1.54, 1.807) is 16.7 Å². The maximum Gasteiger partial charge on any atom is 0.356 e. The summed E-state index contributed by atoms with van der Waals surface area (Å²) in [5, 5.41) is 22.3. The quantitative estimate of drug-likeness (QED) is 0.612. The number of imidazole rings is 1. The minimum absolute atomic E-state index is 0.000311. The minimum atomic E-state index is -1.06. The number of carboxylic acids is 1. The van der Waals surface area contributed by atoms with Crippen molar-refractivity contribution in [1.82, 2.24) is 9.55 Å². The normalized spacial score (nSPS) is 10.2. The van der Waals surface area contributed by atoms with Crippen LogP contribution in [-0.2, 0) is 6.54 Å². The monoisotopic (exact) mass is 276 g/mol. The molecule has 0 aliphatic heterocycles. The number of nitrogens with one attached hydrogen (secondary N) is 1. The number of aromatic carboxylic acids is 1. The summed E-state index contributed by atoms with van der Waals surface area (Å²) in [6.45, 7) is 1.09. The van der Waals surface area contributed by atoms with Crippen LogP contribution in [0.1, 0.15) is 10.5 Å².